The fourth-order valence-corrected chi connectivity index (χ4v) is 1.66. The van der Waals surface area contributed by atoms with Gasteiger partial charge in [0.05, 0.1) is 12.5 Å². The molecule has 4 nitrogen and oxygen atoms in total. The Morgan fingerprint density at radius 1 is 1.50 bits per heavy atom. The average molecular weight is 266 g/mol. The van der Waals surface area contributed by atoms with Gasteiger partial charge in [0.1, 0.15) is 6.04 Å². The first-order chi connectivity index (χ1) is 8.51. The molecule has 0 fully saturated rings. The van der Waals surface area contributed by atoms with E-state index in [1.165, 1.54) is 0 Å². The Hall–Kier alpha value is -1.73. The van der Waals surface area contributed by atoms with Crippen LogP contribution >= 0.6 is 11.6 Å². The number of amides is 1. The van der Waals surface area contributed by atoms with Gasteiger partial charge in [-0.05, 0) is 32.0 Å². The maximum Gasteiger partial charge on any atom is 0.223 e. The van der Waals surface area contributed by atoms with Crippen molar-refractivity contribution in [3.8, 4) is 6.07 Å². The number of nitriles is 1. The molecule has 18 heavy (non-hydrogen) atoms. The summed E-state index contributed by atoms with van der Waals surface area (Å²) in [6, 6.07) is 8.62. The normalized spacial score (nSPS) is 11.7. The summed E-state index contributed by atoms with van der Waals surface area (Å²) >= 11 is 5.84. The summed E-state index contributed by atoms with van der Waals surface area (Å²) in [6.45, 7) is 3.76. The molecule has 1 unspecified atom stereocenters. The van der Waals surface area contributed by atoms with Crippen molar-refractivity contribution in [2.75, 3.05) is 5.32 Å². The first-order valence-electron chi connectivity index (χ1n) is 5.72. The van der Waals surface area contributed by atoms with Crippen molar-refractivity contribution in [2.24, 2.45) is 0 Å². The molecule has 0 aromatic heterocycles. The quantitative estimate of drug-likeness (QED) is 0.860. The minimum atomic E-state index is -0.567. The van der Waals surface area contributed by atoms with Crippen LogP contribution in [0.15, 0.2) is 24.3 Å². The molecule has 1 rings (SSSR count). The molecule has 2 N–H and O–H groups in total. The Morgan fingerprint density at radius 2 is 2.22 bits per heavy atom. The van der Waals surface area contributed by atoms with Crippen molar-refractivity contribution >= 4 is 23.2 Å². The molecule has 1 aromatic carbocycles. The highest BCUT2D eigenvalue weighted by molar-refractivity contribution is 6.30. The largest absolute Gasteiger partial charge is 0.369 e. The summed E-state index contributed by atoms with van der Waals surface area (Å²) in [5.74, 6) is -0.147. The van der Waals surface area contributed by atoms with Gasteiger partial charge in [0.15, 0.2) is 0 Å². The summed E-state index contributed by atoms with van der Waals surface area (Å²) in [5, 5.41) is 15.3. The van der Waals surface area contributed by atoms with Crippen molar-refractivity contribution in [3.63, 3.8) is 0 Å². The van der Waals surface area contributed by atoms with E-state index in [-0.39, 0.29) is 18.4 Å². The predicted molar refractivity (Wildman–Crippen MR) is 72.4 cm³/mol. The molecule has 0 aliphatic carbocycles. The second-order valence-electron chi connectivity index (χ2n) is 4.26. The zero-order chi connectivity index (χ0) is 13.5. The van der Waals surface area contributed by atoms with E-state index in [1.807, 2.05) is 13.8 Å². The van der Waals surface area contributed by atoms with E-state index >= 15 is 0 Å². The lowest BCUT2D eigenvalue weighted by molar-refractivity contribution is -0.121. The zero-order valence-corrected chi connectivity index (χ0v) is 11.2. The Labute approximate surface area is 112 Å². The van der Waals surface area contributed by atoms with Crippen LogP contribution in [0.25, 0.3) is 0 Å². The topological polar surface area (TPSA) is 64.9 Å². The van der Waals surface area contributed by atoms with Gasteiger partial charge in [-0.1, -0.05) is 17.7 Å². The van der Waals surface area contributed by atoms with Gasteiger partial charge in [0.2, 0.25) is 5.91 Å². The molecule has 1 amide bonds. The molecule has 5 heteroatoms. The molecular formula is C13H16ClN3O. The van der Waals surface area contributed by atoms with E-state index in [0.29, 0.717) is 5.02 Å². The molecule has 96 valence electrons. The van der Waals surface area contributed by atoms with Crippen LogP contribution in [0.3, 0.4) is 0 Å². The number of carbonyl (C=O) groups excluding carboxylic acids is 1. The van der Waals surface area contributed by atoms with Crippen LogP contribution in [0.4, 0.5) is 5.69 Å². The SMILES string of the molecule is CC(C)NC(=O)CC(C#N)Nc1cccc(Cl)c1. The van der Waals surface area contributed by atoms with E-state index in [4.69, 9.17) is 16.9 Å². The fourth-order valence-electron chi connectivity index (χ4n) is 1.47. The van der Waals surface area contributed by atoms with E-state index < -0.39 is 6.04 Å². The first-order valence-corrected chi connectivity index (χ1v) is 6.10. The van der Waals surface area contributed by atoms with E-state index in [2.05, 4.69) is 16.7 Å². The minimum Gasteiger partial charge on any atom is -0.369 e. The molecule has 0 saturated heterocycles. The number of nitrogens with zero attached hydrogens (tertiary/aromatic N) is 1. The third-order valence-corrected chi connectivity index (χ3v) is 2.40. The molecule has 0 heterocycles. The lowest BCUT2D eigenvalue weighted by Gasteiger charge is -2.14. The highest BCUT2D eigenvalue weighted by Gasteiger charge is 2.13. The molecule has 0 aliphatic heterocycles. The number of carbonyl (C=O) groups is 1. The number of benzene rings is 1. The maximum absolute atomic E-state index is 11.6. The van der Waals surface area contributed by atoms with Gasteiger partial charge >= 0.3 is 0 Å². The van der Waals surface area contributed by atoms with Gasteiger partial charge in [-0.3, -0.25) is 4.79 Å². The summed E-state index contributed by atoms with van der Waals surface area (Å²) in [4.78, 5) is 11.6. The molecule has 0 bridgehead atoms. The van der Waals surface area contributed by atoms with Crippen molar-refractivity contribution in [1.29, 1.82) is 5.26 Å². The molecule has 1 aromatic rings. The Kier molecular flexibility index (Phi) is 5.47. The molecular weight excluding hydrogens is 250 g/mol. The average Bonchev–Trinajstić information content (AvgIpc) is 2.27. The van der Waals surface area contributed by atoms with Crippen LogP contribution in [0.2, 0.25) is 5.02 Å². The summed E-state index contributed by atoms with van der Waals surface area (Å²) in [6.07, 6.45) is 0.112. The molecule has 0 saturated carbocycles. The first kappa shape index (κ1) is 14.3. The van der Waals surface area contributed by atoms with Crippen molar-refractivity contribution in [3.05, 3.63) is 29.3 Å². The zero-order valence-electron chi connectivity index (χ0n) is 10.4. The highest BCUT2D eigenvalue weighted by atomic mass is 35.5. The Balaban J connectivity index is 2.58. The maximum atomic E-state index is 11.6. The van der Waals surface area contributed by atoms with Crippen LogP contribution in [-0.2, 0) is 4.79 Å². The molecule has 0 spiro atoms. The third kappa shape index (κ3) is 5.07. The third-order valence-electron chi connectivity index (χ3n) is 2.16. The molecule has 0 aliphatic rings. The number of hydrogen-bond acceptors (Lipinski definition) is 3. The fraction of sp³-hybridized carbons (Fsp3) is 0.385. The van der Waals surface area contributed by atoms with Crippen molar-refractivity contribution in [2.45, 2.75) is 32.4 Å². The van der Waals surface area contributed by atoms with Crippen LogP contribution in [0, 0.1) is 11.3 Å². The highest BCUT2D eigenvalue weighted by Crippen LogP contribution is 2.16. The molecule has 1 atom stereocenters. The van der Waals surface area contributed by atoms with Crippen LogP contribution in [0.5, 0.6) is 0 Å². The number of nitrogens with one attached hydrogen (secondary N) is 2. The van der Waals surface area contributed by atoms with Crippen molar-refractivity contribution < 1.29 is 4.79 Å². The standard InChI is InChI=1S/C13H16ClN3O/c1-9(2)16-13(18)7-12(8-15)17-11-5-3-4-10(14)6-11/h3-6,9,12,17H,7H2,1-2H3,(H,16,18). The van der Waals surface area contributed by atoms with Crippen LogP contribution in [-0.4, -0.2) is 18.0 Å². The van der Waals surface area contributed by atoms with E-state index in [9.17, 15) is 4.79 Å². The van der Waals surface area contributed by atoms with Gasteiger partial charge in [0.25, 0.3) is 0 Å². The number of anilines is 1. The van der Waals surface area contributed by atoms with Gasteiger partial charge in [-0.25, -0.2) is 0 Å². The summed E-state index contributed by atoms with van der Waals surface area (Å²) in [7, 11) is 0. The monoisotopic (exact) mass is 265 g/mol. The van der Waals surface area contributed by atoms with Gasteiger partial charge in [0, 0.05) is 16.8 Å². The lowest BCUT2D eigenvalue weighted by Crippen LogP contribution is -2.34. The van der Waals surface area contributed by atoms with Crippen molar-refractivity contribution in [1.82, 2.24) is 5.32 Å². The number of halogens is 1. The second kappa shape index (κ2) is 6.87. The minimum absolute atomic E-state index is 0.0722. The van der Waals surface area contributed by atoms with E-state index in [1.54, 1.807) is 24.3 Å². The lowest BCUT2D eigenvalue weighted by atomic mass is 10.2. The molecule has 0 radical (unpaired) electrons. The number of hydrogen-bond donors (Lipinski definition) is 2. The summed E-state index contributed by atoms with van der Waals surface area (Å²) < 4.78 is 0. The van der Waals surface area contributed by atoms with Crippen LogP contribution < -0.4 is 10.6 Å². The van der Waals surface area contributed by atoms with Gasteiger partial charge < -0.3 is 10.6 Å². The van der Waals surface area contributed by atoms with Crippen LogP contribution in [0.1, 0.15) is 20.3 Å². The van der Waals surface area contributed by atoms with Gasteiger partial charge in [-0.2, -0.15) is 5.26 Å². The predicted octanol–water partition coefficient (Wildman–Crippen LogP) is 2.56. The Bertz CT molecular complexity index is 454. The second-order valence-corrected chi connectivity index (χ2v) is 4.70. The summed E-state index contributed by atoms with van der Waals surface area (Å²) in [5.41, 5.74) is 0.728. The Morgan fingerprint density at radius 3 is 2.78 bits per heavy atom. The van der Waals surface area contributed by atoms with Gasteiger partial charge in [-0.15, -0.1) is 0 Å². The van der Waals surface area contributed by atoms with E-state index in [0.717, 1.165) is 5.69 Å². The number of rotatable bonds is 5. The smallest absolute Gasteiger partial charge is 0.223 e.